The van der Waals surface area contributed by atoms with Crippen LogP contribution in [0.2, 0.25) is 10.0 Å². The van der Waals surface area contributed by atoms with E-state index in [2.05, 4.69) is 24.5 Å². The van der Waals surface area contributed by atoms with Crippen LogP contribution < -0.4 is 10.6 Å². The third-order valence-corrected chi connectivity index (χ3v) is 3.31. The van der Waals surface area contributed by atoms with Crippen molar-refractivity contribution in [1.29, 1.82) is 0 Å². The Morgan fingerprint density at radius 3 is 2.50 bits per heavy atom. The highest BCUT2D eigenvalue weighted by Gasteiger charge is 2.09. The van der Waals surface area contributed by atoms with Crippen molar-refractivity contribution in [3.05, 3.63) is 28.2 Å². The van der Waals surface area contributed by atoms with E-state index < -0.39 is 0 Å². The molecule has 100 valence electrons. The first-order chi connectivity index (χ1) is 8.54. The highest BCUT2D eigenvalue weighted by atomic mass is 35.5. The zero-order valence-electron chi connectivity index (χ0n) is 10.6. The Kier molecular flexibility index (Phi) is 6.47. The number of carbonyl (C=O) groups is 1. The molecule has 3 nitrogen and oxygen atoms in total. The SMILES string of the molecule is CCC(C)NCCC(=O)Nc1c(Cl)cccc1Cl. The maximum atomic E-state index is 11.7. The average Bonchev–Trinajstić information content (AvgIpc) is 2.34. The maximum Gasteiger partial charge on any atom is 0.225 e. The van der Waals surface area contributed by atoms with Crippen molar-refractivity contribution < 1.29 is 4.79 Å². The summed E-state index contributed by atoms with van der Waals surface area (Å²) in [4.78, 5) is 11.7. The van der Waals surface area contributed by atoms with E-state index in [-0.39, 0.29) is 5.91 Å². The van der Waals surface area contributed by atoms with E-state index in [1.54, 1.807) is 18.2 Å². The molecule has 2 N–H and O–H groups in total. The summed E-state index contributed by atoms with van der Waals surface area (Å²) in [6, 6.07) is 5.55. The van der Waals surface area contributed by atoms with Crippen molar-refractivity contribution in [2.75, 3.05) is 11.9 Å². The van der Waals surface area contributed by atoms with Crippen LogP contribution in [0.5, 0.6) is 0 Å². The van der Waals surface area contributed by atoms with Crippen LogP contribution in [0.1, 0.15) is 26.7 Å². The number of hydrogen-bond acceptors (Lipinski definition) is 2. The molecule has 0 radical (unpaired) electrons. The summed E-state index contributed by atoms with van der Waals surface area (Å²) in [5.41, 5.74) is 0.481. The first kappa shape index (κ1) is 15.3. The van der Waals surface area contributed by atoms with Gasteiger partial charge in [-0.3, -0.25) is 4.79 Å². The zero-order valence-corrected chi connectivity index (χ0v) is 12.1. The molecule has 1 unspecified atom stereocenters. The van der Waals surface area contributed by atoms with E-state index in [1.807, 2.05) is 0 Å². The van der Waals surface area contributed by atoms with E-state index in [1.165, 1.54) is 0 Å². The molecule has 18 heavy (non-hydrogen) atoms. The molecule has 0 aliphatic heterocycles. The molecule has 0 bridgehead atoms. The molecule has 0 fully saturated rings. The molecule has 0 aliphatic carbocycles. The van der Waals surface area contributed by atoms with Gasteiger partial charge < -0.3 is 10.6 Å². The van der Waals surface area contributed by atoms with Gasteiger partial charge in [-0.25, -0.2) is 0 Å². The summed E-state index contributed by atoms with van der Waals surface area (Å²) < 4.78 is 0. The highest BCUT2D eigenvalue weighted by molar-refractivity contribution is 6.39. The topological polar surface area (TPSA) is 41.1 Å². The fraction of sp³-hybridized carbons (Fsp3) is 0.462. The first-order valence-electron chi connectivity index (χ1n) is 6.01. The van der Waals surface area contributed by atoms with Gasteiger partial charge >= 0.3 is 0 Å². The lowest BCUT2D eigenvalue weighted by atomic mass is 10.2. The molecule has 1 atom stereocenters. The number of anilines is 1. The van der Waals surface area contributed by atoms with Gasteiger partial charge in [-0.2, -0.15) is 0 Å². The largest absolute Gasteiger partial charge is 0.324 e. The maximum absolute atomic E-state index is 11.7. The Hall–Kier alpha value is -0.770. The van der Waals surface area contributed by atoms with Gasteiger partial charge in [-0.05, 0) is 25.5 Å². The normalized spacial score (nSPS) is 12.2. The van der Waals surface area contributed by atoms with Gasteiger partial charge in [0.15, 0.2) is 0 Å². The molecule has 1 aromatic carbocycles. The predicted molar refractivity (Wildman–Crippen MR) is 77.5 cm³/mol. The molecular weight excluding hydrogens is 271 g/mol. The number of benzene rings is 1. The quantitative estimate of drug-likeness (QED) is 0.838. The van der Waals surface area contributed by atoms with E-state index in [0.29, 0.717) is 34.7 Å². The number of para-hydroxylation sites is 1. The minimum absolute atomic E-state index is 0.0965. The van der Waals surface area contributed by atoms with Gasteiger partial charge in [0.25, 0.3) is 0 Å². The number of carbonyl (C=O) groups excluding carboxylic acids is 1. The fourth-order valence-electron chi connectivity index (χ4n) is 1.40. The van der Waals surface area contributed by atoms with Gasteiger partial charge in [-0.1, -0.05) is 36.2 Å². The summed E-state index contributed by atoms with van der Waals surface area (Å²) in [6.45, 7) is 4.83. The van der Waals surface area contributed by atoms with Gasteiger partial charge in [0.2, 0.25) is 5.91 Å². The first-order valence-corrected chi connectivity index (χ1v) is 6.77. The van der Waals surface area contributed by atoms with Crippen molar-refractivity contribution in [1.82, 2.24) is 5.32 Å². The summed E-state index contributed by atoms with van der Waals surface area (Å²) in [5, 5.41) is 6.88. The van der Waals surface area contributed by atoms with E-state index in [9.17, 15) is 4.79 Å². The van der Waals surface area contributed by atoms with E-state index in [4.69, 9.17) is 23.2 Å². The fourth-order valence-corrected chi connectivity index (χ4v) is 1.89. The van der Waals surface area contributed by atoms with Crippen LogP contribution in [-0.4, -0.2) is 18.5 Å². The van der Waals surface area contributed by atoms with Crippen LogP contribution >= 0.6 is 23.2 Å². The molecule has 0 saturated carbocycles. The highest BCUT2D eigenvalue weighted by Crippen LogP contribution is 2.29. The second-order valence-electron chi connectivity index (χ2n) is 4.16. The van der Waals surface area contributed by atoms with Crippen LogP contribution in [0.15, 0.2) is 18.2 Å². The minimum Gasteiger partial charge on any atom is -0.324 e. The second-order valence-corrected chi connectivity index (χ2v) is 4.97. The third-order valence-electron chi connectivity index (χ3n) is 2.68. The van der Waals surface area contributed by atoms with Gasteiger partial charge in [0.1, 0.15) is 0 Å². The van der Waals surface area contributed by atoms with Crippen molar-refractivity contribution in [2.24, 2.45) is 0 Å². The van der Waals surface area contributed by atoms with Crippen LogP contribution in [0.25, 0.3) is 0 Å². The van der Waals surface area contributed by atoms with Gasteiger partial charge in [-0.15, -0.1) is 0 Å². The number of halogens is 2. The van der Waals surface area contributed by atoms with Crippen LogP contribution in [0.3, 0.4) is 0 Å². The number of hydrogen-bond donors (Lipinski definition) is 2. The Labute approximate surface area is 118 Å². The van der Waals surface area contributed by atoms with E-state index in [0.717, 1.165) is 6.42 Å². The molecule has 1 rings (SSSR count). The monoisotopic (exact) mass is 288 g/mol. The van der Waals surface area contributed by atoms with Crippen LogP contribution in [0.4, 0.5) is 5.69 Å². The Balaban J connectivity index is 2.45. The lowest BCUT2D eigenvalue weighted by molar-refractivity contribution is -0.116. The van der Waals surface area contributed by atoms with Crippen molar-refractivity contribution >= 4 is 34.8 Å². The lowest BCUT2D eigenvalue weighted by Gasteiger charge is -2.12. The third kappa shape index (κ3) is 4.84. The second kappa shape index (κ2) is 7.62. The zero-order chi connectivity index (χ0) is 13.5. The molecule has 1 aromatic rings. The molecule has 0 saturated heterocycles. The van der Waals surface area contributed by atoms with Gasteiger partial charge in [0, 0.05) is 19.0 Å². The summed E-state index contributed by atoms with van der Waals surface area (Å²) in [5.74, 6) is -0.0965. The average molecular weight is 289 g/mol. The Morgan fingerprint density at radius 1 is 1.33 bits per heavy atom. The molecule has 0 aromatic heterocycles. The Morgan fingerprint density at radius 2 is 1.94 bits per heavy atom. The lowest BCUT2D eigenvalue weighted by Crippen LogP contribution is -2.29. The van der Waals surface area contributed by atoms with Crippen molar-refractivity contribution in [3.8, 4) is 0 Å². The minimum atomic E-state index is -0.0965. The molecule has 0 spiro atoms. The number of amides is 1. The molecule has 5 heteroatoms. The Bertz CT molecular complexity index is 390. The molecule has 1 amide bonds. The van der Waals surface area contributed by atoms with Crippen LogP contribution in [0, 0.1) is 0 Å². The molecular formula is C13H18Cl2N2O. The molecule has 0 heterocycles. The summed E-state index contributed by atoms with van der Waals surface area (Å²) >= 11 is 11.9. The van der Waals surface area contributed by atoms with Crippen LogP contribution in [-0.2, 0) is 4.79 Å². The predicted octanol–water partition coefficient (Wildman–Crippen LogP) is 3.71. The summed E-state index contributed by atoms with van der Waals surface area (Å²) in [6.07, 6.45) is 1.43. The van der Waals surface area contributed by atoms with Gasteiger partial charge in [0.05, 0.1) is 15.7 Å². The van der Waals surface area contributed by atoms with E-state index >= 15 is 0 Å². The number of rotatable bonds is 6. The van der Waals surface area contributed by atoms with Crippen molar-refractivity contribution in [2.45, 2.75) is 32.7 Å². The summed E-state index contributed by atoms with van der Waals surface area (Å²) in [7, 11) is 0. The smallest absolute Gasteiger partial charge is 0.225 e. The number of nitrogens with one attached hydrogen (secondary N) is 2. The van der Waals surface area contributed by atoms with Crippen molar-refractivity contribution in [3.63, 3.8) is 0 Å². The molecule has 0 aliphatic rings. The standard InChI is InChI=1S/C13H18Cl2N2O/c1-3-9(2)16-8-7-12(18)17-13-10(14)5-4-6-11(13)15/h4-6,9,16H,3,7-8H2,1-2H3,(H,17,18).